The standard InChI is InChI=1S/C27H29N3O3S/c1-17(2)16-33-22-9-7-8-20(15-22)25(31)30-27(34)29-24-11-6-5-10-23(24)26(32)28-21-13-12-18(3)19(4)14-21/h5-15,17H,16H2,1-4H3,(H,28,32)(H2,29,30,31,34). The number of thiocarbonyl (C=S) groups is 1. The van der Waals surface area contributed by atoms with Crippen LogP contribution in [0.25, 0.3) is 0 Å². The van der Waals surface area contributed by atoms with Gasteiger partial charge in [-0.3, -0.25) is 14.9 Å². The average Bonchev–Trinajstić information content (AvgIpc) is 2.80. The largest absolute Gasteiger partial charge is 0.493 e. The van der Waals surface area contributed by atoms with Crippen LogP contribution >= 0.6 is 12.2 Å². The number of nitrogens with one attached hydrogen (secondary N) is 3. The molecule has 6 nitrogen and oxygen atoms in total. The Hall–Kier alpha value is -3.71. The highest BCUT2D eigenvalue weighted by atomic mass is 32.1. The molecule has 7 heteroatoms. The first-order valence-electron chi connectivity index (χ1n) is 11.1. The van der Waals surface area contributed by atoms with Gasteiger partial charge in [0.1, 0.15) is 5.75 Å². The molecule has 0 aliphatic carbocycles. The molecule has 3 aromatic rings. The van der Waals surface area contributed by atoms with Gasteiger partial charge in [-0.15, -0.1) is 0 Å². The molecule has 34 heavy (non-hydrogen) atoms. The Morgan fingerprint density at radius 1 is 0.882 bits per heavy atom. The van der Waals surface area contributed by atoms with Crippen molar-refractivity contribution in [3.05, 3.63) is 89.0 Å². The molecule has 0 bridgehead atoms. The summed E-state index contributed by atoms with van der Waals surface area (Å²) in [5.74, 6) is 0.343. The maximum atomic E-state index is 12.9. The summed E-state index contributed by atoms with van der Waals surface area (Å²) < 4.78 is 5.69. The fourth-order valence-corrected chi connectivity index (χ4v) is 3.33. The van der Waals surface area contributed by atoms with Gasteiger partial charge in [-0.2, -0.15) is 0 Å². The van der Waals surface area contributed by atoms with Gasteiger partial charge < -0.3 is 15.4 Å². The number of amides is 2. The van der Waals surface area contributed by atoms with Crippen LogP contribution in [0.1, 0.15) is 45.7 Å². The first-order chi connectivity index (χ1) is 16.2. The Labute approximate surface area is 205 Å². The predicted octanol–water partition coefficient (Wildman–Crippen LogP) is 5.72. The molecular formula is C27H29N3O3S. The zero-order valence-electron chi connectivity index (χ0n) is 19.8. The van der Waals surface area contributed by atoms with Crippen molar-refractivity contribution in [2.75, 3.05) is 17.2 Å². The Morgan fingerprint density at radius 2 is 1.65 bits per heavy atom. The lowest BCUT2D eigenvalue weighted by Gasteiger charge is -2.14. The molecule has 0 fully saturated rings. The van der Waals surface area contributed by atoms with Crippen molar-refractivity contribution >= 4 is 40.5 Å². The molecule has 0 saturated heterocycles. The van der Waals surface area contributed by atoms with Crippen LogP contribution < -0.4 is 20.7 Å². The van der Waals surface area contributed by atoms with Crippen LogP contribution in [0.2, 0.25) is 0 Å². The van der Waals surface area contributed by atoms with Gasteiger partial charge in [0.2, 0.25) is 0 Å². The number of para-hydroxylation sites is 1. The summed E-state index contributed by atoms with van der Waals surface area (Å²) in [6, 6.07) is 19.6. The number of anilines is 2. The van der Waals surface area contributed by atoms with Crippen molar-refractivity contribution in [3.63, 3.8) is 0 Å². The van der Waals surface area contributed by atoms with Crippen molar-refractivity contribution < 1.29 is 14.3 Å². The first-order valence-corrected chi connectivity index (χ1v) is 11.5. The molecule has 0 aliphatic rings. The number of carbonyl (C=O) groups excluding carboxylic acids is 2. The van der Waals surface area contributed by atoms with E-state index in [1.807, 2.05) is 32.0 Å². The van der Waals surface area contributed by atoms with Crippen molar-refractivity contribution in [2.45, 2.75) is 27.7 Å². The highest BCUT2D eigenvalue weighted by Gasteiger charge is 2.14. The number of hydrogen-bond acceptors (Lipinski definition) is 4. The third kappa shape index (κ3) is 6.89. The highest BCUT2D eigenvalue weighted by molar-refractivity contribution is 7.80. The summed E-state index contributed by atoms with van der Waals surface area (Å²) in [4.78, 5) is 25.6. The maximum absolute atomic E-state index is 12.9. The summed E-state index contributed by atoms with van der Waals surface area (Å²) in [6.45, 7) is 8.69. The van der Waals surface area contributed by atoms with Crippen LogP contribution in [0.3, 0.4) is 0 Å². The van der Waals surface area contributed by atoms with Crippen LogP contribution in [0, 0.1) is 19.8 Å². The second kappa shape index (κ2) is 11.4. The lowest BCUT2D eigenvalue weighted by molar-refractivity contribution is 0.0976. The van der Waals surface area contributed by atoms with E-state index in [-0.39, 0.29) is 16.9 Å². The smallest absolute Gasteiger partial charge is 0.257 e. The van der Waals surface area contributed by atoms with E-state index in [0.29, 0.717) is 40.8 Å². The molecule has 0 unspecified atom stereocenters. The second-order valence-corrected chi connectivity index (χ2v) is 8.85. The van der Waals surface area contributed by atoms with Crippen molar-refractivity contribution in [1.82, 2.24) is 5.32 Å². The molecule has 3 aromatic carbocycles. The molecule has 0 aliphatic heterocycles. The third-order valence-electron chi connectivity index (χ3n) is 5.09. The Morgan fingerprint density at radius 3 is 2.38 bits per heavy atom. The number of hydrogen-bond donors (Lipinski definition) is 3. The minimum atomic E-state index is -0.371. The first kappa shape index (κ1) is 24.9. The lowest BCUT2D eigenvalue weighted by atomic mass is 10.1. The normalized spacial score (nSPS) is 10.5. The number of ether oxygens (including phenoxy) is 1. The molecule has 0 spiro atoms. The van der Waals surface area contributed by atoms with E-state index < -0.39 is 0 Å². The summed E-state index contributed by atoms with van der Waals surface area (Å²) in [5.41, 5.74) is 4.26. The molecule has 3 N–H and O–H groups in total. The SMILES string of the molecule is Cc1ccc(NC(=O)c2ccccc2NC(=S)NC(=O)c2cccc(OCC(C)C)c2)cc1C. The monoisotopic (exact) mass is 475 g/mol. The van der Waals surface area contributed by atoms with Gasteiger partial charge in [0, 0.05) is 11.3 Å². The van der Waals surface area contributed by atoms with Crippen LogP contribution in [-0.2, 0) is 0 Å². The van der Waals surface area contributed by atoms with Crippen LogP contribution in [0.5, 0.6) is 5.75 Å². The minimum absolute atomic E-state index is 0.0879. The molecular weight excluding hydrogens is 446 g/mol. The molecule has 0 heterocycles. The summed E-state index contributed by atoms with van der Waals surface area (Å²) in [5, 5.41) is 8.62. The Balaban J connectivity index is 1.66. The van der Waals surface area contributed by atoms with Crippen LogP contribution in [0.15, 0.2) is 66.7 Å². The predicted molar refractivity (Wildman–Crippen MR) is 141 cm³/mol. The average molecular weight is 476 g/mol. The van der Waals surface area contributed by atoms with E-state index in [1.54, 1.807) is 48.5 Å². The minimum Gasteiger partial charge on any atom is -0.493 e. The van der Waals surface area contributed by atoms with E-state index >= 15 is 0 Å². The van der Waals surface area contributed by atoms with Gasteiger partial charge in [-0.05, 0) is 85.6 Å². The molecule has 2 amide bonds. The number of benzene rings is 3. The highest BCUT2D eigenvalue weighted by Crippen LogP contribution is 2.20. The molecule has 0 radical (unpaired) electrons. The zero-order chi connectivity index (χ0) is 24.7. The lowest BCUT2D eigenvalue weighted by Crippen LogP contribution is -2.34. The third-order valence-corrected chi connectivity index (χ3v) is 5.30. The van der Waals surface area contributed by atoms with Gasteiger partial charge in [0.05, 0.1) is 17.9 Å². The zero-order valence-corrected chi connectivity index (χ0v) is 20.6. The number of rotatable bonds is 7. The van der Waals surface area contributed by atoms with Crippen LogP contribution in [-0.4, -0.2) is 23.5 Å². The molecule has 0 aromatic heterocycles. The van der Waals surface area contributed by atoms with E-state index in [0.717, 1.165) is 11.1 Å². The quantitative estimate of drug-likeness (QED) is 0.381. The molecule has 3 rings (SSSR count). The van der Waals surface area contributed by atoms with Crippen molar-refractivity contribution in [2.24, 2.45) is 5.92 Å². The van der Waals surface area contributed by atoms with Gasteiger partial charge >= 0.3 is 0 Å². The van der Waals surface area contributed by atoms with Gasteiger partial charge in [-0.25, -0.2) is 0 Å². The number of carbonyl (C=O) groups is 2. The molecule has 176 valence electrons. The van der Waals surface area contributed by atoms with Crippen molar-refractivity contribution in [1.29, 1.82) is 0 Å². The van der Waals surface area contributed by atoms with E-state index in [9.17, 15) is 9.59 Å². The Bertz CT molecular complexity index is 1210. The van der Waals surface area contributed by atoms with Gasteiger partial charge in [0.25, 0.3) is 11.8 Å². The number of aryl methyl sites for hydroxylation is 2. The van der Waals surface area contributed by atoms with Crippen molar-refractivity contribution in [3.8, 4) is 5.75 Å². The van der Waals surface area contributed by atoms with E-state index in [2.05, 4.69) is 29.8 Å². The van der Waals surface area contributed by atoms with E-state index in [1.165, 1.54) is 0 Å². The summed E-state index contributed by atoms with van der Waals surface area (Å²) in [6.07, 6.45) is 0. The second-order valence-electron chi connectivity index (χ2n) is 8.44. The maximum Gasteiger partial charge on any atom is 0.257 e. The fraction of sp³-hybridized carbons (Fsp3) is 0.222. The topological polar surface area (TPSA) is 79.5 Å². The summed E-state index contributed by atoms with van der Waals surface area (Å²) >= 11 is 5.33. The summed E-state index contributed by atoms with van der Waals surface area (Å²) in [7, 11) is 0. The van der Waals surface area contributed by atoms with Gasteiger partial charge in [0.15, 0.2) is 5.11 Å². The molecule has 0 saturated carbocycles. The van der Waals surface area contributed by atoms with Crippen LogP contribution in [0.4, 0.5) is 11.4 Å². The van der Waals surface area contributed by atoms with E-state index in [4.69, 9.17) is 17.0 Å². The fourth-order valence-electron chi connectivity index (χ4n) is 3.13. The Kier molecular flexibility index (Phi) is 8.38. The molecule has 0 atom stereocenters. The van der Waals surface area contributed by atoms with Gasteiger partial charge in [-0.1, -0.05) is 38.1 Å².